The molecule has 4 rings (SSSR count). The van der Waals surface area contributed by atoms with Gasteiger partial charge >= 0.3 is 6.09 Å². The molecule has 1 amide bonds. The third-order valence-corrected chi connectivity index (χ3v) is 5.98. The highest BCUT2D eigenvalue weighted by Crippen LogP contribution is 2.44. The lowest BCUT2D eigenvalue weighted by Gasteiger charge is -2.26. The number of carbonyl (C=O) groups is 1. The van der Waals surface area contributed by atoms with Crippen LogP contribution in [0.3, 0.4) is 0 Å². The van der Waals surface area contributed by atoms with Crippen LogP contribution in [-0.2, 0) is 0 Å². The molecule has 4 aromatic rings. The van der Waals surface area contributed by atoms with Crippen molar-refractivity contribution in [2.24, 2.45) is 0 Å². The zero-order chi connectivity index (χ0) is 26.7. The molecule has 0 radical (unpaired) electrons. The summed E-state index contributed by atoms with van der Waals surface area (Å²) in [6.45, 7) is 3.67. The molecule has 0 spiro atoms. The molecule has 0 saturated heterocycles. The van der Waals surface area contributed by atoms with Gasteiger partial charge in [0.15, 0.2) is 11.5 Å². The molecule has 9 nitrogen and oxygen atoms in total. The predicted octanol–water partition coefficient (Wildman–Crippen LogP) is 6.49. The summed E-state index contributed by atoms with van der Waals surface area (Å²) < 4.78 is 28.1. The molecule has 0 bridgehead atoms. The van der Waals surface area contributed by atoms with Crippen molar-refractivity contribution in [2.45, 2.75) is 13.8 Å². The third-order valence-electron chi connectivity index (χ3n) is 5.98. The number of fused-ring (bicyclic) bond motifs is 1. The number of nitrogens with zero attached hydrogens (tertiary/aromatic N) is 2. The number of rotatable bonds is 8. The Morgan fingerprint density at radius 3 is 1.97 bits per heavy atom. The second kappa shape index (κ2) is 10.5. The van der Waals surface area contributed by atoms with Crippen molar-refractivity contribution >= 4 is 28.4 Å². The summed E-state index contributed by atoms with van der Waals surface area (Å²) in [6, 6.07) is 14.0. The Balaban J connectivity index is 1.80. The van der Waals surface area contributed by atoms with E-state index in [1.165, 1.54) is 14.2 Å². The Hall–Kier alpha value is -4.66. The molecule has 9 heteroatoms. The summed E-state index contributed by atoms with van der Waals surface area (Å²) in [5.74, 6) is 3.00. The fourth-order valence-electron chi connectivity index (χ4n) is 4.15. The average molecular weight is 505 g/mol. The van der Waals surface area contributed by atoms with E-state index in [0.29, 0.717) is 51.3 Å². The normalized spacial score (nSPS) is 10.6. The summed E-state index contributed by atoms with van der Waals surface area (Å²) in [5, 5.41) is 10.9. The highest BCUT2D eigenvalue weighted by molar-refractivity contribution is 5.99. The molecule has 1 heterocycles. The molecule has 0 aliphatic rings. The molecule has 3 aromatic carbocycles. The van der Waals surface area contributed by atoms with E-state index in [2.05, 4.69) is 4.98 Å². The number of amides is 1. The predicted molar refractivity (Wildman–Crippen MR) is 141 cm³/mol. The van der Waals surface area contributed by atoms with Gasteiger partial charge in [-0.3, -0.25) is 4.98 Å². The standard InChI is InChI=1S/C28H28N2O7/c1-16-13-24(37-21-10-11-29-19-15-26(36-6)25(35-5)14-18(19)21)17(2)12-20(16)30(28(31)32)27-22(33-3)8-7-9-23(27)34-4/h7-15H,1-6H3,(H,31,32). The SMILES string of the molecule is COc1cc2nccc(Oc3cc(C)c(N(C(=O)O)c4c(OC)cccc4OC)cc3C)c2cc1OC. The van der Waals surface area contributed by atoms with Crippen LogP contribution < -0.4 is 28.6 Å². The fourth-order valence-corrected chi connectivity index (χ4v) is 4.15. The molecule has 192 valence electrons. The maximum atomic E-state index is 12.5. The first-order valence-corrected chi connectivity index (χ1v) is 11.4. The minimum absolute atomic E-state index is 0.289. The van der Waals surface area contributed by atoms with Crippen molar-refractivity contribution in [3.8, 4) is 34.5 Å². The van der Waals surface area contributed by atoms with E-state index >= 15 is 0 Å². The number of para-hydroxylation sites is 1. The number of benzene rings is 3. The molecule has 0 unspecified atom stereocenters. The molecule has 0 atom stereocenters. The first kappa shape index (κ1) is 25.4. The molecular weight excluding hydrogens is 476 g/mol. The summed E-state index contributed by atoms with van der Waals surface area (Å²) >= 11 is 0. The maximum absolute atomic E-state index is 12.5. The van der Waals surface area contributed by atoms with Crippen LogP contribution in [-0.4, -0.2) is 44.6 Å². The molecule has 0 saturated carbocycles. The second-order valence-electron chi connectivity index (χ2n) is 8.17. The Morgan fingerprint density at radius 1 is 0.757 bits per heavy atom. The Bertz CT molecular complexity index is 1450. The number of carboxylic acid groups (broad SMARTS) is 1. The van der Waals surface area contributed by atoms with Crippen molar-refractivity contribution in [3.05, 3.63) is 65.9 Å². The van der Waals surface area contributed by atoms with Crippen LogP contribution in [0, 0.1) is 13.8 Å². The molecule has 0 fully saturated rings. The van der Waals surface area contributed by atoms with Gasteiger partial charge in [0.2, 0.25) is 0 Å². The molecule has 0 aliphatic heterocycles. The number of aromatic nitrogens is 1. The van der Waals surface area contributed by atoms with Gasteiger partial charge in [-0.05, 0) is 61.4 Å². The molecule has 37 heavy (non-hydrogen) atoms. The summed E-state index contributed by atoms with van der Waals surface area (Å²) in [6.07, 6.45) is 0.473. The number of aryl methyl sites for hydroxylation is 2. The van der Waals surface area contributed by atoms with Crippen LogP contribution in [0.15, 0.2) is 54.7 Å². The summed E-state index contributed by atoms with van der Waals surface area (Å²) in [7, 11) is 6.10. The smallest absolute Gasteiger partial charge is 0.416 e. The minimum atomic E-state index is -1.18. The molecule has 1 aromatic heterocycles. The lowest BCUT2D eigenvalue weighted by atomic mass is 10.1. The summed E-state index contributed by atoms with van der Waals surface area (Å²) in [5.41, 5.74) is 2.82. The lowest BCUT2D eigenvalue weighted by molar-refractivity contribution is 0.204. The average Bonchev–Trinajstić information content (AvgIpc) is 2.90. The minimum Gasteiger partial charge on any atom is -0.494 e. The van der Waals surface area contributed by atoms with Gasteiger partial charge in [0.1, 0.15) is 28.7 Å². The maximum Gasteiger partial charge on any atom is 0.416 e. The van der Waals surface area contributed by atoms with Crippen molar-refractivity contribution in [2.75, 3.05) is 33.3 Å². The van der Waals surface area contributed by atoms with Crippen LogP contribution in [0.2, 0.25) is 0 Å². The molecule has 1 N–H and O–H groups in total. The van der Waals surface area contributed by atoms with Gasteiger partial charge in [-0.15, -0.1) is 0 Å². The highest BCUT2D eigenvalue weighted by atomic mass is 16.5. The summed E-state index contributed by atoms with van der Waals surface area (Å²) in [4.78, 5) is 18.1. The second-order valence-corrected chi connectivity index (χ2v) is 8.17. The van der Waals surface area contributed by atoms with E-state index in [1.807, 2.05) is 19.9 Å². The third kappa shape index (κ3) is 4.75. The van der Waals surface area contributed by atoms with Gasteiger partial charge < -0.3 is 28.8 Å². The first-order valence-electron chi connectivity index (χ1n) is 11.4. The van der Waals surface area contributed by atoms with Gasteiger partial charge in [0, 0.05) is 17.6 Å². The quantitative estimate of drug-likeness (QED) is 0.290. The van der Waals surface area contributed by atoms with Crippen molar-refractivity contribution in [1.82, 2.24) is 4.98 Å². The zero-order valence-electron chi connectivity index (χ0n) is 21.5. The van der Waals surface area contributed by atoms with Crippen LogP contribution in [0.4, 0.5) is 16.2 Å². The Kier molecular flexibility index (Phi) is 7.24. The Labute approximate surface area is 214 Å². The zero-order valence-corrected chi connectivity index (χ0v) is 21.5. The monoisotopic (exact) mass is 504 g/mol. The number of ether oxygens (including phenoxy) is 5. The van der Waals surface area contributed by atoms with Crippen molar-refractivity contribution in [3.63, 3.8) is 0 Å². The van der Waals surface area contributed by atoms with Crippen LogP contribution in [0.5, 0.6) is 34.5 Å². The fraction of sp³-hybridized carbons (Fsp3) is 0.214. The van der Waals surface area contributed by atoms with Gasteiger partial charge in [-0.2, -0.15) is 0 Å². The van der Waals surface area contributed by atoms with E-state index in [1.54, 1.807) is 62.9 Å². The van der Waals surface area contributed by atoms with E-state index in [4.69, 9.17) is 23.7 Å². The largest absolute Gasteiger partial charge is 0.494 e. The van der Waals surface area contributed by atoms with Crippen LogP contribution >= 0.6 is 0 Å². The number of anilines is 2. The lowest BCUT2D eigenvalue weighted by Crippen LogP contribution is -2.25. The number of methoxy groups -OCH3 is 4. The van der Waals surface area contributed by atoms with Gasteiger partial charge in [-0.1, -0.05) is 6.07 Å². The Morgan fingerprint density at radius 2 is 1.38 bits per heavy atom. The van der Waals surface area contributed by atoms with Crippen molar-refractivity contribution < 1.29 is 33.6 Å². The van der Waals surface area contributed by atoms with E-state index < -0.39 is 6.09 Å². The van der Waals surface area contributed by atoms with E-state index in [9.17, 15) is 9.90 Å². The van der Waals surface area contributed by atoms with Crippen LogP contribution in [0.1, 0.15) is 11.1 Å². The topological polar surface area (TPSA) is 99.6 Å². The number of hydrogen-bond acceptors (Lipinski definition) is 7. The van der Waals surface area contributed by atoms with Gasteiger partial charge in [-0.25, -0.2) is 9.69 Å². The van der Waals surface area contributed by atoms with Crippen molar-refractivity contribution in [1.29, 1.82) is 0 Å². The van der Waals surface area contributed by atoms with Gasteiger partial charge in [0.05, 0.1) is 39.6 Å². The van der Waals surface area contributed by atoms with E-state index in [0.717, 1.165) is 15.8 Å². The van der Waals surface area contributed by atoms with Crippen LogP contribution in [0.25, 0.3) is 10.9 Å². The molecule has 0 aliphatic carbocycles. The molecular formula is C28H28N2O7. The first-order chi connectivity index (χ1) is 17.8. The van der Waals surface area contributed by atoms with E-state index in [-0.39, 0.29) is 5.69 Å². The highest BCUT2D eigenvalue weighted by Gasteiger charge is 2.27. The van der Waals surface area contributed by atoms with Gasteiger partial charge in [0.25, 0.3) is 0 Å². The number of pyridine rings is 1. The number of hydrogen-bond donors (Lipinski definition) is 1.